The largest absolute Gasteiger partial charge is 0.480 e. The second-order valence-electron chi connectivity index (χ2n) is 4.16. The van der Waals surface area contributed by atoms with Crippen molar-refractivity contribution in [2.24, 2.45) is 5.73 Å². The molecule has 0 saturated heterocycles. The molecule has 1 atom stereocenters. The Kier molecular flexibility index (Phi) is 8.86. The average Bonchev–Trinajstić information content (AvgIpc) is 2.48. The fourth-order valence-electron chi connectivity index (χ4n) is 1.09. The quantitative estimate of drug-likeness (QED) is 0.250. The summed E-state index contributed by atoms with van der Waals surface area (Å²) in [6, 6.07) is -1.07. The molecule has 0 radical (unpaired) electrons. The first kappa shape index (κ1) is 19.3. The van der Waals surface area contributed by atoms with Crippen LogP contribution in [0.2, 0.25) is 0 Å². The molecule has 11 heteroatoms. The smallest absolute Gasteiger partial charge is 0.325 e. The van der Waals surface area contributed by atoms with E-state index in [9.17, 15) is 24.0 Å². The second kappa shape index (κ2) is 10.1. The van der Waals surface area contributed by atoms with Crippen molar-refractivity contribution in [1.82, 2.24) is 21.3 Å². The van der Waals surface area contributed by atoms with E-state index in [4.69, 9.17) is 10.8 Å². The zero-order chi connectivity index (χ0) is 17.1. The number of aliphatic carboxylic acids is 1. The first-order valence-electron chi connectivity index (χ1n) is 6.28. The highest BCUT2D eigenvalue weighted by Crippen LogP contribution is 1.80. The number of hydrogen-bond donors (Lipinski definition) is 6. The summed E-state index contributed by atoms with van der Waals surface area (Å²) >= 11 is 0. The Bertz CT molecular complexity index is 452. The number of carbonyl (C=O) groups is 5. The number of rotatable bonds is 9. The molecule has 0 aromatic rings. The third kappa shape index (κ3) is 9.25. The summed E-state index contributed by atoms with van der Waals surface area (Å²) in [6.07, 6.45) is 0. The molecule has 0 bridgehead atoms. The zero-order valence-electron chi connectivity index (χ0n) is 12.0. The number of hydrogen-bond acceptors (Lipinski definition) is 6. The highest BCUT2D eigenvalue weighted by molar-refractivity contribution is 5.91. The molecular formula is C11H19N5O6. The molecule has 7 N–H and O–H groups in total. The van der Waals surface area contributed by atoms with Crippen LogP contribution in [0, 0.1) is 0 Å². The molecule has 22 heavy (non-hydrogen) atoms. The third-order valence-corrected chi connectivity index (χ3v) is 2.27. The molecule has 0 heterocycles. The molecule has 0 aromatic carbocycles. The van der Waals surface area contributed by atoms with Gasteiger partial charge in [0, 0.05) is 0 Å². The normalized spacial score (nSPS) is 11.0. The van der Waals surface area contributed by atoms with E-state index in [0.717, 1.165) is 0 Å². The lowest BCUT2D eigenvalue weighted by Gasteiger charge is -2.10. The summed E-state index contributed by atoms with van der Waals surface area (Å²) < 4.78 is 0. The van der Waals surface area contributed by atoms with Crippen LogP contribution in [0.3, 0.4) is 0 Å². The van der Waals surface area contributed by atoms with E-state index >= 15 is 0 Å². The summed E-state index contributed by atoms with van der Waals surface area (Å²) in [5.41, 5.74) is 5.02. The van der Waals surface area contributed by atoms with Gasteiger partial charge >= 0.3 is 5.97 Å². The van der Waals surface area contributed by atoms with Gasteiger partial charge in [-0.05, 0) is 6.92 Å². The van der Waals surface area contributed by atoms with Gasteiger partial charge in [0.15, 0.2) is 0 Å². The van der Waals surface area contributed by atoms with Gasteiger partial charge in [0.05, 0.1) is 26.2 Å². The Labute approximate surface area is 126 Å². The molecule has 0 aliphatic heterocycles. The van der Waals surface area contributed by atoms with Crippen LogP contribution < -0.4 is 27.0 Å². The molecule has 0 unspecified atom stereocenters. The van der Waals surface area contributed by atoms with Crippen LogP contribution in [-0.4, -0.2) is 66.9 Å². The van der Waals surface area contributed by atoms with E-state index in [0.29, 0.717) is 0 Å². The van der Waals surface area contributed by atoms with Crippen LogP contribution in [0.5, 0.6) is 0 Å². The summed E-state index contributed by atoms with van der Waals surface area (Å²) in [7, 11) is 0. The molecule has 0 aliphatic rings. The van der Waals surface area contributed by atoms with E-state index in [1.165, 1.54) is 6.92 Å². The SMILES string of the molecule is C[C@@H](NC(=O)CNC(=O)CNC(=O)CNC(=O)CN)C(=O)O. The molecule has 0 saturated carbocycles. The first-order chi connectivity index (χ1) is 10.3. The maximum absolute atomic E-state index is 11.3. The van der Waals surface area contributed by atoms with Gasteiger partial charge in [0.25, 0.3) is 0 Å². The van der Waals surface area contributed by atoms with Crippen molar-refractivity contribution in [1.29, 1.82) is 0 Å². The van der Waals surface area contributed by atoms with Crippen LogP contribution in [0.25, 0.3) is 0 Å². The summed E-state index contributed by atoms with van der Waals surface area (Å²) in [4.78, 5) is 55.1. The molecule has 0 spiro atoms. The minimum absolute atomic E-state index is 0.252. The summed E-state index contributed by atoms with van der Waals surface area (Å²) in [6.45, 7) is -0.106. The highest BCUT2D eigenvalue weighted by Gasteiger charge is 2.14. The monoisotopic (exact) mass is 317 g/mol. The molecule has 0 aliphatic carbocycles. The lowest BCUT2D eigenvalue weighted by atomic mass is 10.3. The van der Waals surface area contributed by atoms with Crippen molar-refractivity contribution in [3.63, 3.8) is 0 Å². The van der Waals surface area contributed by atoms with Crippen molar-refractivity contribution in [3.05, 3.63) is 0 Å². The van der Waals surface area contributed by atoms with Crippen LogP contribution in [0.1, 0.15) is 6.92 Å². The van der Waals surface area contributed by atoms with Gasteiger partial charge in [-0.25, -0.2) is 0 Å². The summed E-state index contributed by atoms with van der Waals surface area (Å²) in [5, 5.41) is 17.3. The lowest BCUT2D eigenvalue weighted by Crippen LogP contribution is -2.47. The zero-order valence-corrected chi connectivity index (χ0v) is 12.0. The molecule has 124 valence electrons. The molecule has 4 amide bonds. The molecule has 0 aromatic heterocycles. The van der Waals surface area contributed by atoms with E-state index < -0.39 is 42.2 Å². The molecule has 0 rings (SSSR count). The predicted octanol–water partition coefficient (Wildman–Crippen LogP) is -4.12. The molecular weight excluding hydrogens is 298 g/mol. The van der Waals surface area contributed by atoms with Gasteiger partial charge in [-0.1, -0.05) is 0 Å². The van der Waals surface area contributed by atoms with Crippen molar-refractivity contribution >= 4 is 29.6 Å². The number of carbonyl (C=O) groups excluding carboxylic acids is 4. The Hall–Kier alpha value is -2.69. The second-order valence-corrected chi connectivity index (χ2v) is 4.16. The summed E-state index contributed by atoms with van der Waals surface area (Å²) in [5.74, 6) is -3.63. The standard InChI is InChI=1S/C11H19N5O6/c1-6(11(21)22)16-10(20)5-15-9(19)4-14-8(18)3-13-7(17)2-12/h6H,2-5,12H2,1H3,(H,13,17)(H,14,18)(H,15,19)(H,16,20)(H,21,22)/t6-/m1/s1. The highest BCUT2D eigenvalue weighted by atomic mass is 16.4. The van der Waals surface area contributed by atoms with Crippen molar-refractivity contribution in [3.8, 4) is 0 Å². The van der Waals surface area contributed by atoms with E-state index in [1.807, 2.05) is 0 Å². The Morgan fingerprint density at radius 2 is 1.27 bits per heavy atom. The number of nitrogens with two attached hydrogens (primary N) is 1. The van der Waals surface area contributed by atoms with Gasteiger partial charge in [-0.3, -0.25) is 24.0 Å². The average molecular weight is 317 g/mol. The number of carboxylic acid groups (broad SMARTS) is 1. The minimum atomic E-state index is -1.20. The van der Waals surface area contributed by atoms with Gasteiger partial charge in [0.1, 0.15) is 6.04 Å². The minimum Gasteiger partial charge on any atom is -0.480 e. The van der Waals surface area contributed by atoms with Crippen LogP contribution in [0.15, 0.2) is 0 Å². The number of nitrogens with one attached hydrogen (secondary N) is 4. The van der Waals surface area contributed by atoms with Gasteiger partial charge < -0.3 is 32.1 Å². The maximum atomic E-state index is 11.3. The van der Waals surface area contributed by atoms with Crippen molar-refractivity contribution in [2.45, 2.75) is 13.0 Å². The maximum Gasteiger partial charge on any atom is 0.325 e. The topological polar surface area (TPSA) is 180 Å². The van der Waals surface area contributed by atoms with Crippen molar-refractivity contribution in [2.75, 3.05) is 26.2 Å². The number of amides is 4. The van der Waals surface area contributed by atoms with Crippen LogP contribution >= 0.6 is 0 Å². The van der Waals surface area contributed by atoms with E-state index in [2.05, 4.69) is 21.3 Å². The lowest BCUT2D eigenvalue weighted by molar-refractivity contribution is -0.141. The molecule has 0 fully saturated rings. The molecule has 11 nitrogen and oxygen atoms in total. The van der Waals surface area contributed by atoms with E-state index in [1.54, 1.807) is 0 Å². The fourth-order valence-corrected chi connectivity index (χ4v) is 1.09. The van der Waals surface area contributed by atoms with Gasteiger partial charge in [0.2, 0.25) is 23.6 Å². The first-order valence-corrected chi connectivity index (χ1v) is 6.28. The van der Waals surface area contributed by atoms with Crippen LogP contribution in [0.4, 0.5) is 0 Å². The predicted molar refractivity (Wildman–Crippen MR) is 73.3 cm³/mol. The number of carboxylic acids is 1. The van der Waals surface area contributed by atoms with E-state index in [-0.39, 0.29) is 19.6 Å². The van der Waals surface area contributed by atoms with Crippen LogP contribution in [-0.2, 0) is 24.0 Å². The third-order valence-electron chi connectivity index (χ3n) is 2.27. The Morgan fingerprint density at radius 1 is 0.864 bits per heavy atom. The van der Waals surface area contributed by atoms with Crippen molar-refractivity contribution < 1.29 is 29.1 Å². The van der Waals surface area contributed by atoms with Gasteiger partial charge in [-0.15, -0.1) is 0 Å². The van der Waals surface area contributed by atoms with Gasteiger partial charge in [-0.2, -0.15) is 0 Å². The fraction of sp³-hybridized carbons (Fsp3) is 0.545. The Balaban J connectivity index is 3.86. The Morgan fingerprint density at radius 3 is 1.68 bits per heavy atom.